The lowest BCUT2D eigenvalue weighted by Gasteiger charge is -2.58. The largest absolute Gasteiger partial charge is 0.381 e. The highest BCUT2D eigenvalue weighted by Gasteiger charge is 2.59. The molecule has 0 radical (unpaired) electrons. The minimum Gasteiger partial charge on any atom is -0.381 e. The third-order valence-electron chi connectivity index (χ3n) is 9.95. The minimum atomic E-state index is -0.167. The molecule has 0 saturated heterocycles. The van der Waals surface area contributed by atoms with E-state index in [2.05, 4.69) is 26.8 Å². The van der Waals surface area contributed by atoms with Crippen LogP contribution in [0.4, 0.5) is 0 Å². The van der Waals surface area contributed by atoms with Crippen LogP contribution >= 0.6 is 11.6 Å². The number of rotatable bonds is 5. The maximum absolute atomic E-state index is 11.3. The van der Waals surface area contributed by atoms with Gasteiger partial charge in [-0.2, -0.15) is 0 Å². The highest BCUT2D eigenvalue weighted by molar-refractivity contribution is 6.63. The van der Waals surface area contributed by atoms with Gasteiger partial charge < -0.3 is 4.74 Å². The van der Waals surface area contributed by atoms with Crippen molar-refractivity contribution in [1.29, 1.82) is 0 Å². The molecule has 0 heterocycles. The SMILES string of the molecule is COC1CC[C@@]2(C)C(=CC[C@H]3[C@@H]4CC[C@H]([C@H](C)CCC(=O)Cl)[C@@]4(C)CC[C@@H]32)C1. The van der Waals surface area contributed by atoms with Crippen LogP contribution < -0.4 is 0 Å². The van der Waals surface area contributed by atoms with Gasteiger partial charge in [-0.1, -0.05) is 32.4 Å². The Hall–Kier alpha value is -0.340. The molecule has 1 unspecified atom stereocenters. The van der Waals surface area contributed by atoms with Crippen LogP contribution in [0.15, 0.2) is 11.6 Å². The molecule has 0 aliphatic heterocycles. The van der Waals surface area contributed by atoms with Gasteiger partial charge in [0.1, 0.15) is 0 Å². The van der Waals surface area contributed by atoms with Crippen LogP contribution in [0.3, 0.4) is 0 Å². The fraction of sp³-hybridized carbons (Fsp3) is 0.880. The summed E-state index contributed by atoms with van der Waals surface area (Å²) in [6.45, 7) is 7.54. The predicted octanol–water partition coefficient (Wildman–Crippen LogP) is 6.76. The first kappa shape index (κ1) is 20.9. The molecule has 4 rings (SSSR count). The zero-order chi connectivity index (χ0) is 20.1. The van der Waals surface area contributed by atoms with E-state index in [0.29, 0.717) is 29.3 Å². The normalized spacial score (nSPS) is 46.2. The molecule has 0 aromatic carbocycles. The van der Waals surface area contributed by atoms with Gasteiger partial charge in [0.05, 0.1) is 6.10 Å². The van der Waals surface area contributed by atoms with Crippen LogP contribution in [0.1, 0.15) is 85.0 Å². The number of allylic oxidation sites excluding steroid dienone is 1. The van der Waals surface area contributed by atoms with Crippen LogP contribution in [0.25, 0.3) is 0 Å². The molecule has 0 spiro atoms. The molecule has 2 nitrogen and oxygen atoms in total. The minimum absolute atomic E-state index is 0.167. The summed E-state index contributed by atoms with van der Waals surface area (Å²) in [7, 11) is 1.88. The van der Waals surface area contributed by atoms with Crippen LogP contribution in [-0.4, -0.2) is 18.5 Å². The maximum Gasteiger partial charge on any atom is 0.221 e. The molecule has 0 N–H and O–H groups in total. The van der Waals surface area contributed by atoms with Crippen molar-refractivity contribution in [2.75, 3.05) is 7.11 Å². The van der Waals surface area contributed by atoms with E-state index in [1.54, 1.807) is 5.57 Å². The Kier molecular flexibility index (Phi) is 5.77. The highest BCUT2D eigenvalue weighted by Crippen LogP contribution is 2.67. The van der Waals surface area contributed by atoms with Crippen molar-refractivity contribution in [2.45, 2.75) is 91.1 Å². The predicted molar refractivity (Wildman–Crippen MR) is 115 cm³/mol. The summed E-state index contributed by atoms with van der Waals surface area (Å²) in [5.74, 6) is 3.95. The van der Waals surface area contributed by atoms with Gasteiger partial charge in [-0.05, 0) is 110 Å². The summed E-state index contributed by atoms with van der Waals surface area (Å²) in [6.07, 6.45) is 15.0. The standard InChI is InChI=1S/C25H39ClO2/c1-16(5-10-23(26)27)20-8-9-21-19-7-6-17-15-18(28-4)11-13-24(17,2)22(19)12-14-25(20,21)3/h6,16,18-22H,5,7-15H2,1-4H3/t16-,18?,19+,20-,21+,22+,24+,25-/m1/s1. The van der Waals surface area contributed by atoms with E-state index < -0.39 is 0 Å². The summed E-state index contributed by atoms with van der Waals surface area (Å²) in [6, 6.07) is 0. The van der Waals surface area contributed by atoms with Gasteiger partial charge >= 0.3 is 0 Å². The Morgan fingerprint density at radius 2 is 2.00 bits per heavy atom. The van der Waals surface area contributed by atoms with Crippen molar-refractivity contribution >= 4 is 16.8 Å². The Balaban J connectivity index is 1.53. The van der Waals surface area contributed by atoms with Gasteiger partial charge in [-0.25, -0.2) is 0 Å². The van der Waals surface area contributed by atoms with Gasteiger partial charge in [0, 0.05) is 13.5 Å². The Morgan fingerprint density at radius 3 is 2.71 bits per heavy atom. The quantitative estimate of drug-likeness (QED) is 0.372. The molecule has 0 amide bonds. The third kappa shape index (κ3) is 3.31. The van der Waals surface area contributed by atoms with Crippen LogP contribution in [-0.2, 0) is 9.53 Å². The molecule has 8 atom stereocenters. The second kappa shape index (κ2) is 7.73. The van der Waals surface area contributed by atoms with Crippen molar-refractivity contribution in [3.05, 3.63) is 11.6 Å². The molecule has 3 saturated carbocycles. The molecule has 4 aliphatic carbocycles. The molecule has 3 heteroatoms. The fourth-order valence-corrected chi connectivity index (χ4v) is 8.46. The van der Waals surface area contributed by atoms with Gasteiger partial charge in [0.25, 0.3) is 0 Å². The van der Waals surface area contributed by atoms with E-state index in [0.717, 1.165) is 36.5 Å². The van der Waals surface area contributed by atoms with Gasteiger partial charge in [-0.3, -0.25) is 4.79 Å². The number of ether oxygens (including phenoxy) is 1. The summed E-state index contributed by atoms with van der Waals surface area (Å²) in [5, 5.41) is -0.167. The molecule has 3 fully saturated rings. The molecular formula is C25H39ClO2. The van der Waals surface area contributed by atoms with Gasteiger partial charge in [-0.15, -0.1) is 0 Å². The van der Waals surface area contributed by atoms with E-state index >= 15 is 0 Å². The van der Waals surface area contributed by atoms with E-state index in [-0.39, 0.29) is 5.24 Å². The lowest BCUT2D eigenvalue weighted by molar-refractivity contribution is -0.112. The number of carbonyl (C=O) groups is 1. The Morgan fingerprint density at radius 1 is 1.21 bits per heavy atom. The summed E-state index contributed by atoms with van der Waals surface area (Å²) >= 11 is 5.64. The number of halogens is 1. The average Bonchev–Trinajstić information content (AvgIpc) is 3.02. The maximum atomic E-state index is 11.3. The molecule has 0 aromatic heterocycles. The topological polar surface area (TPSA) is 26.3 Å². The summed E-state index contributed by atoms with van der Waals surface area (Å²) < 4.78 is 5.71. The van der Waals surface area contributed by atoms with Gasteiger partial charge in [0.2, 0.25) is 5.24 Å². The lowest BCUT2D eigenvalue weighted by Crippen LogP contribution is -2.50. The summed E-state index contributed by atoms with van der Waals surface area (Å²) in [5.41, 5.74) is 2.58. The third-order valence-corrected chi connectivity index (χ3v) is 10.1. The molecule has 4 aliphatic rings. The number of hydrogen-bond acceptors (Lipinski definition) is 2. The number of carbonyl (C=O) groups excluding carboxylic acids is 1. The van der Waals surface area contributed by atoms with Crippen molar-refractivity contribution < 1.29 is 9.53 Å². The molecular weight excluding hydrogens is 368 g/mol. The van der Waals surface area contributed by atoms with E-state index in [4.69, 9.17) is 16.3 Å². The van der Waals surface area contributed by atoms with Crippen molar-refractivity contribution in [3.63, 3.8) is 0 Å². The van der Waals surface area contributed by atoms with Crippen molar-refractivity contribution in [2.24, 2.45) is 40.4 Å². The highest BCUT2D eigenvalue weighted by atomic mass is 35.5. The molecule has 158 valence electrons. The Labute approximate surface area is 176 Å². The average molecular weight is 407 g/mol. The van der Waals surface area contributed by atoms with Crippen LogP contribution in [0.5, 0.6) is 0 Å². The van der Waals surface area contributed by atoms with Gasteiger partial charge in [0.15, 0.2) is 0 Å². The smallest absolute Gasteiger partial charge is 0.221 e. The first-order valence-electron chi connectivity index (χ1n) is 11.7. The number of fused-ring (bicyclic) bond motifs is 5. The van der Waals surface area contributed by atoms with E-state index in [9.17, 15) is 4.79 Å². The summed E-state index contributed by atoms with van der Waals surface area (Å²) in [4.78, 5) is 11.3. The molecule has 0 aromatic rings. The monoisotopic (exact) mass is 406 g/mol. The van der Waals surface area contributed by atoms with E-state index in [1.165, 1.54) is 44.9 Å². The zero-order valence-corrected chi connectivity index (χ0v) is 19.1. The second-order valence-electron chi connectivity index (χ2n) is 11.0. The second-order valence-corrected chi connectivity index (χ2v) is 11.4. The fourth-order valence-electron chi connectivity index (χ4n) is 8.35. The van der Waals surface area contributed by atoms with Crippen molar-refractivity contribution in [3.8, 4) is 0 Å². The number of hydrogen-bond donors (Lipinski definition) is 0. The van der Waals surface area contributed by atoms with Crippen molar-refractivity contribution in [1.82, 2.24) is 0 Å². The lowest BCUT2D eigenvalue weighted by atomic mass is 9.47. The van der Waals surface area contributed by atoms with Crippen LogP contribution in [0, 0.1) is 40.4 Å². The molecule has 28 heavy (non-hydrogen) atoms. The van der Waals surface area contributed by atoms with E-state index in [1.807, 2.05) is 7.11 Å². The Bertz CT molecular complexity index is 642. The number of methoxy groups -OCH3 is 1. The first-order chi connectivity index (χ1) is 13.3. The molecule has 0 bridgehead atoms. The van der Waals surface area contributed by atoms with Crippen LogP contribution in [0.2, 0.25) is 0 Å². The first-order valence-corrected chi connectivity index (χ1v) is 12.1. The zero-order valence-electron chi connectivity index (χ0n) is 18.3.